The van der Waals surface area contributed by atoms with Crippen molar-refractivity contribution in [2.75, 3.05) is 0 Å². The van der Waals surface area contributed by atoms with Crippen molar-refractivity contribution >= 4 is 16.3 Å². The maximum Gasteiger partial charge on any atom is 0.0639 e. The second kappa shape index (κ2) is 7.77. The molecule has 1 atom stereocenters. The van der Waals surface area contributed by atoms with E-state index in [4.69, 9.17) is 6.42 Å². The van der Waals surface area contributed by atoms with Gasteiger partial charge in [-0.05, 0) is 39.1 Å². The molecule has 0 aliphatic rings. The number of fused-ring (bicyclic) bond motifs is 1. The first-order valence-corrected chi connectivity index (χ1v) is 9.12. The van der Waals surface area contributed by atoms with E-state index >= 15 is 0 Å². The summed E-state index contributed by atoms with van der Waals surface area (Å²) in [7, 11) is 0. The SMILES string of the molecule is C#CC(C=C(c1ccccc1)c1ccccc1)c1ccc2ccccc2c1. The lowest BCUT2D eigenvalue weighted by Crippen LogP contribution is -1.96. The average molecular weight is 344 g/mol. The lowest BCUT2D eigenvalue weighted by molar-refractivity contribution is 1.13. The summed E-state index contributed by atoms with van der Waals surface area (Å²) in [5.74, 6) is 2.88. The molecule has 0 fully saturated rings. The molecule has 0 saturated heterocycles. The van der Waals surface area contributed by atoms with Crippen LogP contribution in [0.3, 0.4) is 0 Å². The van der Waals surface area contributed by atoms with E-state index in [1.807, 2.05) is 12.1 Å². The lowest BCUT2D eigenvalue weighted by Gasteiger charge is -2.13. The highest BCUT2D eigenvalue weighted by Crippen LogP contribution is 2.29. The van der Waals surface area contributed by atoms with Gasteiger partial charge in [-0.3, -0.25) is 0 Å². The normalized spacial score (nSPS) is 11.5. The van der Waals surface area contributed by atoms with E-state index in [0.717, 1.165) is 11.1 Å². The smallest absolute Gasteiger partial charge is 0.0639 e. The number of hydrogen-bond acceptors (Lipinski definition) is 0. The van der Waals surface area contributed by atoms with Gasteiger partial charge in [-0.2, -0.15) is 0 Å². The summed E-state index contributed by atoms with van der Waals surface area (Å²) in [5.41, 5.74) is 4.64. The molecule has 0 aromatic heterocycles. The van der Waals surface area contributed by atoms with Crippen LogP contribution < -0.4 is 0 Å². The fourth-order valence-electron chi connectivity index (χ4n) is 3.40. The molecule has 27 heavy (non-hydrogen) atoms. The van der Waals surface area contributed by atoms with Crippen molar-refractivity contribution in [1.29, 1.82) is 0 Å². The molecule has 4 rings (SSSR count). The van der Waals surface area contributed by atoms with Crippen molar-refractivity contribution in [3.05, 3.63) is 126 Å². The second-order valence-electron chi connectivity index (χ2n) is 6.56. The van der Waals surface area contributed by atoms with E-state index in [2.05, 4.69) is 103 Å². The predicted octanol–water partition coefficient (Wildman–Crippen LogP) is 6.69. The Morgan fingerprint density at radius 1 is 0.667 bits per heavy atom. The molecule has 0 radical (unpaired) electrons. The summed E-state index contributed by atoms with van der Waals surface area (Å²) < 4.78 is 0. The van der Waals surface area contributed by atoms with E-state index in [-0.39, 0.29) is 5.92 Å². The Kier molecular flexibility index (Phi) is 4.86. The number of rotatable bonds is 4. The lowest BCUT2D eigenvalue weighted by atomic mass is 9.90. The first-order chi connectivity index (χ1) is 13.3. The van der Waals surface area contributed by atoms with Crippen LogP contribution in [0.2, 0.25) is 0 Å². The predicted molar refractivity (Wildman–Crippen MR) is 115 cm³/mol. The molecule has 0 heteroatoms. The Balaban J connectivity index is 1.83. The minimum absolute atomic E-state index is 0.0926. The Morgan fingerprint density at radius 3 is 1.81 bits per heavy atom. The first kappa shape index (κ1) is 16.9. The summed E-state index contributed by atoms with van der Waals surface area (Å²) in [6, 6.07) is 35.7. The van der Waals surface area contributed by atoms with Gasteiger partial charge >= 0.3 is 0 Å². The highest BCUT2D eigenvalue weighted by atomic mass is 14.1. The summed E-state index contributed by atoms with van der Waals surface area (Å²) >= 11 is 0. The van der Waals surface area contributed by atoms with Crippen molar-refractivity contribution in [2.24, 2.45) is 0 Å². The van der Waals surface area contributed by atoms with Gasteiger partial charge in [0.25, 0.3) is 0 Å². The number of allylic oxidation sites excluding steroid dienone is 1. The zero-order valence-electron chi connectivity index (χ0n) is 15.0. The van der Waals surface area contributed by atoms with Gasteiger partial charge in [-0.1, -0.05) is 109 Å². The molecule has 0 aliphatic carbocycles. The van der Waals surface area contributed by atoms with Gasteiger partial charge in [-0.25, -0.2) is 0 Å². The van der Waals surface area contributed by atoms with E-state index in [9.17, 15) is 0 Å². The molecule has 0 aliphatic heterocycles. The summed E-state index contributed by atoms with van der Waals surface area (Å²) in [6.45, 7) is 0. The van der Waals surface area contributed by atoms with Gasteiger partial charge in [-0.15, -0.1) is 6.42 Å². The third kappa shape index (κ3) is 3.68. The molecule has 0 bridgehead atoms. The maximum absolute atomic E-state index is 5.96. The zero-order valence-corrected chi connectivity index (χ0v) is 15.0. The average Bonchev–Trinajstić information content (AvgIpc) is 2.75. The Hall–Kier alpha value is -3.56. The quantitative estimate of drug-likeness (QED) is 0.362. The topological polar surface area (TPSA) is 0 Å². The molecular weight excluding hydrogens is 324 g/mol. The van der Waals surface area contributed by atoms with E-state index < -0.39 is 0 Å². The Morgan fingerprint density at radius 2 is 1.22 bits per heavy atom. The van der Waals surface area contributed by atoms with Crippen molar-refractivity contribution in [3.63, 3.8) is 0 Å². The second-order valence-corrected chi connectivity index (χ2v) is 6.56. The molecule has 4 aromatic rings. The van der Waals surface area contributed by atoms with Crippen LogP contribution in [-0.4, -0.2) is 0 Å². The minimum atomic E-state index is -0.0926. The van der Waals surface area contributed by atoms with Crippen LogP contribution in [0.5, 0.6) is 0 Å². The molecular formula is C27H20. The first-order valence-electron chi connectivity index (χ1n) is 9.12. The summed E-state index contributed by atoms with van der Waals surface area (Å²) in [6.07, 6.45) is 8.16. The largest absolute Gasteiger partial charge is 0.119 e. The maximum atomic E-state index is 5.96. The molecule has 1 unspecified atom stereocenters. The number of terminal acetylenes is 1. The van der Waals surface area contributed by atoms with E-state index in [1.165, 1.54) is 21.9 Å². The van der Waals surface area contributed by atoms with Crippen LogP contribution in [0, 0.1) is 12.3 Å². The van der Waals surface area contributed by atoms with E-state index in [1.54, 1.807) is 0 Å². The van der Waals surface area contributed by atoms with Gasteiger partial charge in [0.1, 0.15) is 0 Å². The summed E-state index contributed by atoms with van der Waals surface area (Å²) in [4.78, 5) is 0. The van der Waals surface area contributed by atoms with Crippen LogP contribution in [0.4, 0.5) is 0 Å². The molecule has 4 aromatic carbocycles. The highest BCUT2D eigenvalue weighted by Gasteiger charge is 2.11. The van der Waals surface area contributed by atoms with Crippen LogP contribution >= 0.6 is 0 Å². The molecule has 0 amide bonds. The van der Waals surface area contributed by atoms with Crippen LogP contribution in [0.25, 0.3) is 16.3 Å². The van der Waals surface area contributed by atoms with Gasteiger partial charge < -0.3 is 0 Å². The number of benzene rings is 4. The molecule has 0 saturated carbocycles. The Labute approximate surface area is 160 Å². The minimum Gasteiger partial charge on any atom is -0.119 e. The van der Waals surface area contributed by atoms with Gasteiger partial charge in [0, 0.05) is 0 Å². The van der Waals surface area contributed by atoms with Crippen molar-refractivity contribution < 1.29 is 0 Å². The Bertz CT molecular complexity index is 1070. The molecule has 0 heterocycles. The zero-order chi connectivity index (χ0) is 18.5. The van der Waals surface area contributed by atoms with Crippen LogP contribution in [0.15, 0.2) is 109 Å². The third-order valence-corrected chi connectivity index (χ3v) is 4.82. The third-order valence-electron chi connectivity index (χ3n) is 4.82. The summed E-state index contributed by atoms with van der Waals surface area (Å²) in [5, 5.41) is 2.44. The van der Waals surface area contributed by atoms with Gasteiger partial charge in [0.15, 0.2) is 0 Å². The van der Waals surface area contributed by atoms with Gasteiger partial charge in [0.05, 0.1) is 5.92 Å². The van der Waals surface area contributed by atoms with Gasteiger partial charge in [0.2, 0.25) is 0 Å². The fraction of sp³-hybridized carbons (Fsp3) is 0.0370. The molecule has 128 valence electrons. The highest BCUT2D eigenvalue weighted by molar-refractivity contribution is 5.84. The molecule has 0 nitrogen and oxygen atoms in total. The monoisotopic (exact) mass is 344 g/mol. The fourth-order valence-corrected chi connectivity index (χ4v) is 3.40. The van der Waals surface area contributed by atoms with E-state index in [0.29, 0.717) is 0 Å². The van der Waals surface area contributed by atoms with Crippen molar-refractivity contribution in [2.45, 2.75) is 5.92 Å². The van der Waals surface area contributed by atoms with Crippen LogP contribution in [-0.2, 0) is 0 Å². The standard InChI is InChI=1S/C27H20/c1-2-21(26-18-17-22-11-9-10-16-25(22)19-26)20-27(23-12-5-3-6-13-23)24-14-7-4-8-15-24/h1,3-21H. The molecule has 0 N–H and O–H groups in total. The number of hydrogen-bond donors (Lipinski definition) is 0. The van der Waals surface area contributed by atoms with Crippen LogP contribution in [0.1, 0.15) is 22.6 Å². The van der Waals surface area contributed by atoms with Crippen molar-refractivity contribution in [3.8, 4) is 12.3 Å². The van der Waals surface area contributed by atoms with Crippen molar-refractivity contribution in [1.82, 2.24) is 0 Å². The molecule has 0 spiro atoms.